The van der Waals surface area contributed by atoms with Gasteiger partial charge in [0.05, 0.1) is 4.90 Å². The number of nitrogens with one attached hydrogen (secondary N) is 3. The van der Waals surface area contributed by atoms with Crippen LogP contribution in [0.15, 0.2) is 65.7 Å². The minimum Gasteiger partial charge on any atom is -0.340 e. The number of hydrogen-bond acceptors (Lipinski definition) is 7. The van der Waals surface area contributed by atoms with Crippen LogP contribution >= 0.6 is 0 Å². The lowest BCUT2D eigenvalue weighted by molar-refractivity contribution is 0.580. The van der Waals surface area contributed by atoms with Gasteiger partial charge >= 0.3 is 0 Å². The highest BCUT2D eigenvalue weighted by Gasteiger charge is 2.15. The van der Waals surface area contributed by atoms with Crippen molar-refractivity contribution in [2.24, 2.45) is 0 Å². The van der Waals surface area contributed by atoms with Gasteiger partial charge in [0.15, 0.2) is 0 Å². The van der Waals surface area contributed by atoms with Gasteiger partial charge < -0.3 is 15.5 Å². The number of anilines is 4. The predicted octanol–water partition coefficient (Wildman–Crippen LogP) is 4.16. The van der Waals surface area contributed by atoms with Gasteiger partial charge in [-0.3, -0.25) is 4.72 Å². The van der Waals surface area contributed by atoms with Crippen molar-refractivity contribution in [3.8, 4) is 0 Å². The smallest absolute Gasteiger partial charge is 0.261 e. The number of rotatable bonds is 10. The third-order valence-electron chi connectivity index (χ3n) is 5.75. The van der Waals surface area contributed by atoms with E-state index in [1.54, 1.807) is 30.5 Å². The zero-order chi connectivity index (χ0) is 23.8. The van der Waals surface area contributed by atoms with Crippen molar-refractivity contribution in [3.63, 3.8) is 0 Å². The lowest BCUT2D eigenvalue weighted by Crippen LogP contribution is -2.44. The van der Waals surface area contributed by atoms with Crippen LogP contribution in [0, 0.1) is 0 Å². The first-order chi connectivity index (χ1) is 16.5. The molecule has 1 aliphatic rings. The Labute approximate surface area is 201 Å². The number of aromatic nitrogens is 2. The first kappa shape index (κ1) is 24.0. The molecule has 0 spiro atoms. The van der Waals surface area contributed by atoms with Gasteiger partial charge in [0.2, 0.25) is 5.95 Å². The van der Waals surface area contributed by atoms with Crippen molar-refractivity contribution >= 4 is 33.2 Å². The third-order valence-corrected chi connectivity index (χ3v) is 7.15. The lowest BCUT2D eigenvalue weighted by Gasteiger charge is -2.27. The Balaban J connectivity index is 1.37. The average Bonchev–Trinajstić information content (AvgIpc) is 2.86. The zero-order valence-corrected chi connectivity index (χ0v) is 20.3. The molecule has 0 unspecified atom stereocenters. The summed E-state index contributed by atoms with van der Waals surface area (Å²) in [6, 6.07) is 16.1. The Hall–Kier alpha value is -3.17. The van der Waals surface area contributed by atoms with E-state index in [0.717, 1.165) is 50.3 Å². The minimum absolute atomic E-state index is 0.260. The van der Waals surface area contributed by atoms with Crippen LogP contribution in [-0.2, 0) is 16.4 Å². The van der Waals surface area contributed by atoms with Crippen LogP contribution < -0.4 is 20.3 Å². The molecule has 34 heavy (non-hydrogen) atoms. The lowest BCUT2D eigenvalue weighted by atomic mass is 10.1. The summed E-state index contributed by atoms with van der Waals surface area (Å²) in [5, 5.41) is 6.58. The van der Waals surface area contributed by atoms with Gasteiger partial charge in [-0.2, -0.15) is 4.98 Å². The van der Waals surface area contributed by atoms with Crippen LogP contribution in [0.4, 0.5) is 23.1 Å². The molecule has 3 aromatic rings. The average molecular weight is 481 g/mol. The molecule has 0 aliphatic carbocycles. The van der Waals surface area contributed by atoms with E-state index in [1.165, 1.54) is 12.8 Å². The standard InChI is InChI=1S/C25H32N6O2S/c1-2-3-4-5-20-6-12-23(13-7-20)34(32,33)30-22-10-8-21(9-11-22)28-24-14-15-27-25(29-24)31-18-16-26-17-19-31/h6-15,26,30H,2-5,16-19H2,1H3,(H,27,28,29). The van der Waals surface area contributed by atoms with Crippen molar-refractivity contribution in [1.82, 2.24) is 15.3 Å². The molecule has 0 bridgehead atoms. The maximum atomic E-state index is 12.8. The molecule has 3 N–H and O–H groups in total. The summed E-state index contributed by atoms with van der Waals surface area (Å²) in [7, 11) is -3.65. The summed E-state index contributed by atoms with van der Waals surface area (Å²) in [5.74, 6) is 1.39. The molecule has 4 rings (SSSR count). The molecule has 9 heteroatoms. The van der Waals surface area contributed by atoms with Crippen molar-refractivity contribution in [2.45, 2.75) is 37.5 Å². The first-order valence-corrected chi connectivity index (χ1v) is 13.3. The normalized spacial score (nSPS) is 14.1. The molecule has 0 amide bonds. The molecule has 1 fully saturated rings. The van der Waals surface area contributed by atoms with Gasteiger partial charge in [0, 0.05) is 43.8 Å². The highest BCUT2D eigenvalue weighted by molar-refractivity contribution is 7.92. The Bertz CT molecular complexity index is 1160. The summed E-state index contributed by atoms with van der Waals surface area (Å²) in [5.41, 5.74) is 2.47. The van der Waals surface area contributed by atoms with E-state index in [2.05, 4.69) is 37.1 Å². The maximum absolute atomic E-state index is 12.8. The molecular formula is C25H32N6O2S. The molecular weight excluding hydrogens is 448 g/mol. The van der Waals surface area contributed by atoms with E-state index in [0.29, 0.717) is 17.5 Å². The van der Waals surface area contributed by atoms with Crippen molar-refractivity contribution in [3.05, 3.63) is 66.4 Å². The summed E-state index contributed by atoms with van der Waals surface area (Å²) in [6.45, 7) is 5.76. The quantitative estimate of drug-likeness (QED) is 0.375. The van der Waals surface area contributed by atoms with E-state index < -0.39 is 10.0 Å². The molecule has 0 saturated carbocycles. The molecule has 2 heterocycles. The van der Waals surface area contributed by atoms with Gasteiger partial charge in [-0.25, -0.2) is 13.4 Å². The van der Waals surface area contributed by atoms with Crippen molar-refractivity contribution < 1.29 is 8.42 Å². The summed E-state index contributed by atoms with van der Waals surface area (Å²) in [6.07, 6.45) is 6.18. The van der Waals surface area contributed by atoms with E-state index in [1.807, 2.05) is 30.3 Å². The molecule has 0 radical (unpaired) electrons. The molecule has 0 atom stereocenters. The summed E-state index contributed by atoms with van der Waals surface area (Å²) in [4.78, 5) is 11.4. The van der Waals surface area contributed by atoms with Crippen LogP contribution in [0.2, 0.25) is 0 Å². The third kappa shape index (κ3) is 6.45. The second-order valence-electron chi connectivity index (χ2n) is 8.39. The highest BCUT2D eigenvalue weighted by Crippen LogP contribution is 2.22. The Morgan fingerprint density at radius 3 is 2.35 bits per heavy atom. The zero-order valence-electron chi connectivity index (χ0n) is 19.5. The van der Waals surface area contributed by atoms with Crippen LogP contribution in [0.25, 0.3) is 0 Å². The molecule has 180 valence electrons. The van der Waals surface area contributed by atoms with Gasteiger partial charge in [-0.05, 0) is 60.9 Å². The number of benzene rings is 2. The molecule has 1 aliphatic heterocycles. The topological polar surface area (TPSA) is 99.2 Å². The van der Waals surface area contributed by atoms with Crippen LogP contribution in [0.1, 0.15) is 31.7 Å². The number of piperazine rings is 1. The number of hydrogen-bond donors (Lipinski definition) is 3. The number of unbranched alkanes of at least 4 members (excludes halogenated alkanes) is 2. The Morgan fingerprint density at radius 2 is 1.65 bits per heavy atom. The second kappa shape index (κ2) is 11.3. The van der Waals surface area contributed by atoms with Gasteiger partial charge in [0.25, 0.3) is 10.0 Å². The fourth-order valence-corrected chi connectivity index (χ4v) is 4.89. The van der Waals surface area contributed by atoms with Crippen molar-refractivity contribution in [2.75, 3.05) is 41.1 Å². The van der Waals surface area contributed by atoms with Crippen LogP contribution in [-0.4, -0.2) is 44.6 Å². The fourth-order valence-electron chi connectivity index (χ4n) is 3.83. The number of aryl methyl sites for hydroxylation is 1. The Morgan fingerprint density at radius 1 is 0.941 bits per heavy atom. The Kier molecular flexibility index (Phi) is 7.97. The largest absolute Gasteiger partial charge is 0.340 e. The summed E-state index contributed by atoms with van der Waals surface area (Å²) < 4.78 is 28.2. The molecule has 1 saturated heterocycles. The van der Waals surface area contributed by atoms with Crippen molar-refractivity contribution in [1.29, 1.82) is 0 Å². The predicted molar refractivity (Wildman–Crippen MR) is 137 cm³/mol. The number of sulfonamides is 1. The van der Waals surface area contributed by atoms with E-state index in [4.69, 9.17) is 0 Å². The van der Waals surface area contributed by atoms with Gasteiger partial charge in [-0.15, -0.1) is 0 Å². The van der Waals surface area contributed by atoms with E-state index in [9.17, 15) is 8.42 Å². The molecule has 2 aromatic carbocycles. The molecule has 8 nitrogen and oxygen atoms in total. The second-order valence-corrected chi connectivity index (χ2v) is 10.1. The van der Waals surface area contributed by atoms with Gasteiger partial charge in [0.1, 0.15) is 5.82 Å². The maximum Gasteiger partial charge on any atom is 0.261 e. The monoisotopic (exact) mass is 480 g/mol. The minimum atomic E-state index is -3.65. The van der Waals surface area contributed by atoms with Gasteiger partial charge in [-0.1, -0.05) is 31.9 Å². The van der Waals surface area contributed by atoms with E-state index >= 15 is 0 Å². The molecule has 1 aromatic heterocycles. The fraction of sp³-hybridized carbons (Fsp3) is 0.360. The SMILES string of the molecule is CCCCCc1ccc(S(=O)(=O)Nc2ccc(Nc3ccnc(N4CCNCC4)n3)cc2)cc1. The van der Waals surface area contributed by atoms with Crippen LogP contribution in [0.3, 0.4) is 0 Å². The number of nitrogens with zero attached hydrogens (tertiary/aromatic N) is 3. The summed E-state index contributed by atoms with van der Waals surface area (Å²) >= 11 is 0. The van der Waals surface area contributed by atoms with E-state index in [-0.39, 0.29) is 4.90 Å². The highest BCUT2D eigenvalue weighted by atomic mass is 32.2. The first-order valence-electron chi connectivity index (χ1n) is 11.8. The van der Waals surface area contributed by atoms with Crippen LogP contribution in [0.5, 0.6) is 0 Å².